The monoisotopic (exact) mass is 431 g/mol. The van der Waals surface area contributed by atoms with Gasteiger partial charge in [0.05, 0.1) is 18.4 Å². The van der Waals surface area contributed by atoms with Crippen molar-refractivity contribution in [1.82, 2.24) is 13.8 Å². The molecule has 2 atom stereocenters. The van der Waals surface area contributed by atoms with Gasteiger partial charge < -0.3 is 14.6 Å². The number of sulfonamides is 1. The minimum atomic E-state index is -3.32. The molecule has 0 saturated carbocycles. The normalized spacial score (nSPS) is 24.8. The largest absolute Gasteiger partial charge is 0.396 e. The molecule has 0 unspecified atom stereocenters. The SMILES string of the molecule is Cc1c(C(=O)N2CC[C@@H]3CN(S(C)(=O)=O)C[C@]3(CO)C2)cc(-c2ccccc2)n1C. The molecular weight excluding hydrogens is 402 g/mol. The highest BCUT2D eigenvalue weighted by molar-refractivity contribution is 7.88. The number of hydrogen-bond donors (Lipinski definition) is 1. The predicted molar refractivity (Wildman–Crippen MR) is 116 cm³/mol. The van der Waals surface area contributed by atoms with Crippen LogP contribution < -0.4 is 0 Å². The smallest absolute Gasteiger partial charge is 0.255 e. The lowest BCUT2D eigenvalue weighted by atomic mass is 9.74. The lowest BCUT2D eigenvalue weighted by molar-refractivity contribution is 0.0129. The summed E-state index contributed by atoms with van der Waals surface area (Å²) >= 11 is 0. The minimum absolute atomic E-state index is 0.0608. The van der Waals surface area contributed by atoms with Gasteiger partial charge >= 0.3 is 0 Å². The van der Waals surface area contributed by atoms with Crippen molar-refractivity contribution in [3.63, 3.8) is 0 Å². The van der Waals surface area contributed by atoms with Crippen LogP contribution in [0.4, 0.5) is 0 Å². The number of hydrogen-bond acceptors (Lipinski definition) is 4. The first-order valence-corrected chi connectivity index (χ1v) is 12.1. The van der Waals surface area contributed by atoms with Crippen molar-refractivity contribution < 1.29 is 18.3 Å². The average Bonchev–Trinajstić information content (AvgIpc) is 3.26. The van der Waals surface area contributed by atoms with Crippen LogP contribution in [0.1, 0.15) is 22.5 Å². The van der Waals surface area contributed by atoms with Gasteiger partial charge in [0.2, 0.25) is 10.0 Å². The molecule has 1 aromatic carbocycles. The average molecular weight is 432 g/mol. The third-order valence-electron chi connectivity index (χ3n) is 6.94. The molecule has 2 aliphatic heterocycles. The van der Waals surface area contributed by atoms with Crippen molar-refractivity contribution in [2.45, 2.75) is 13.3 Å². The van der Waals surface area contributed by atoms with Gasteiger partial charge in [-0.2, -0.15) is 0 Å². The van der Waals surface area contributed by atoms with Gasteiger partial charge in [-0.15, -0.1) is 0 Å². The Labute approximate surface area is 178 Å². The van der Waals surface area contributed by atoms with E-state index in [1.807, 2.05) is 54.9 Å². The molecule has 0 aliphatic carbocycles. The molecule has 1 N–H and O–H groups in total. The Morgan fingerprint density at radius 1 is 1.23 bits per heavy atom. The first kappa shape index (κ1) is 21.1. The van der Waals surface area contributed by atoms with Gasteiger partial charge in [0.15, 0.2) is 0 Å². The van der Waals surface area contributed by atoms with Gasteiger partial charge in [-0.1, -0.05) is 30.3 Å². The summed E-state index contributed by atoms with van der Waals surface area (Å²) < 4.78 is 27.6. The van der Waals surface area contributed by atoms with E-state index in [4.69, 9.17) is 0 Å². The Kier molecular flexibility index (Phi) is 5.28. The van der Waals surface area contributed by atoms with Crippen molar-refractivity contribution in [1.29, 1.82) is 0 Å². The van der Waals surface area contributed by atoms with E-state index < -0.39 is 15.4 Å². The molecule has 0 bridgehead atoms. The van der Waals surface area contributed by atoms with Gasteiger partial charge in [-0.05, 0) is 30.9 Å². The van der Waals surface area contributed by atoms with E-state index in [0.29, 0.717) is 31.6 Å². The highest BCUT2D eigenvalue weighted by atomic mass is 32.2. The Hall–Kier alpha value is -2.16. The molecule has 2 saturated heterocycles. The summed E-state index contributed by atoms with van der Waals surface area (Å²) in [5, 5.41) is 10.2. The summed E-state index contributed by atoms with van der Waals surface area (Å²) in [5.74, 6) is 0.00684. The number of piperidine rings is 1. The van der Waals surface area contributed by atoms with Gasteiger partial charge in [0.25, 0.3) is 5.91 Å². The van der Waals surface area contributed by atoms with Crippen LogP contribution in [0.25, 0.3) is 11.3 Å². The van der Waals surface area contributed by atoms with Crippen LogP contribution in [0.5, 0.6) is 0 Å². The molecule has 7 nitrogen and oxygen atoms in total. The predicted octanol–water partition coefficient (Wildman–Crippen LogP) is 1.72. The molecule has 4 rings (SSSR count). The first-order valence-electron chi connectivity index (χ1n) is 10.2. The van der Waals surface area contributed by atoms with E-state index in [9.17, 15) is 18.3 Å². The lowest BCUT2D eigenvalue weighted by Crippen LogP contribution is -2.52. The second-order valence-electron chi connectivity index (χ2n) is 8.74. The Balaban J connectivity index is 1.61. The summed E-state index contributed by atoms with van der Waals surface area (Å²) in [6.07, 6.45) is 1.90. The third-order valence-corrected chi connectivity index (χ3v) is 8.16. The molecule has 1 aromatic heterocycles. The fourth-order valence-electron chi connectivity index (χ4n) is 4.96. The van der Waals surface area contributed by atoms with Gasteiger partial charge in [0, 0.05) is 50.0 Å². The second-order valence-corrected chi connectivity index (χ2v) is 10.7. The van der Waals surface area contributed by atoms with Gasteiger partial charge in [-0.25, -0.2) is 12.7 Å². The number of amides is 1. The summed E-state index contributed by atoms with van der Waals surface area (Å²) in [6.45, 7) is 3.43. The highest BCUT2D eigenvalue weighted by Crippen LogP contribution is 2.43. The fraction of sp³-hybridized carbons (Fsp3) is 0.500. The zero-order chi connectivity index (χ0) is 21.7. The molecule has 2 aromatic rings. The molecule has 2 fully saturated rings. The lowest BCUT2D eigenvalue weighted by Gasteiger charge is -2.43. The standard InChI is InChI=1S/C22H29N3O4S/c1-16-19(11-20(23(16)2)17-7-5-4-6-8-17)21(27)24-10-9-18-12-25(30(3,28)29)14-22(18,13-24)15-26/h4-8,11,18,26H,9-10,12-15H2,1-3H3/t18-,22+/m1/s1. The van der Waals surface area contributed by atoms with E-state index >= 15 is 0 Å². The molecule has 3 heterocycles. The van der Waals surface area contributed by atoms with Gasteiger partial charge in [-0.3, -0.25) is 4.79 Å². The van der Waals surface area contributed by atoms with E-state index in [0.717, 1.165) is 17.0 Å². The van der Waals surface area contributed by atoms with Crippen LogP contribution in [-0.2, 0) is 17.1 Å². The van der Waals surface area contributed by atoms with Crippen molar-refractivity contribution in [3.8, 4) is 11.3 Å². The summed E-state index contributed by atoms with van der Waals surface area (Å²) in [4.78, 5) is 15.2. The fourth-order valence-corrected chi connectivity index (χ4v) is 5.90. The summed E-state index contributed by atoms with van der Waals surface area (Å²) in [7, 11) is -1.37. The number of carbonyl (C=O) groups excluding carboxylic acids is 1. The molecule has 30 heavy (non-hydrogen) atoms. The molecule has 0 spiro atoms. The number of aromatic nitrogens is 1. The minimum Gasteiger partial charge on any atom is -0.396 e. The number of fused-ring (bicyclic) bond motifs is 1. The molecule has 8 heteroatoms. The number of likely N-dealkylation sites (tertiary alicyclic amines) is 1. The maximum atomic E-state index is 13.4. The number of aliphatic hydroxyl groups excluding tert-OH is 1. The Morgan fingerprint density at radius 3 is 2.57 bits per heavy atom. The summed E-state index contributed by atoms with van der Waals surface area (Å²) in [5.41, 5.74) is 2.98. The first-order chi connectivity index (χ1) is 14.2. The number of benzene rings is 1. The summed E-state index contributed by atoms with van der Waals surface area (Å²) in [6, 6.07) is 11.9. The third kappa shape index (κ3) is 3.46. The zero-order valence-electron chi connectivity index (χ0n) is 17.7. The maximum absolute atomic E-state index is 13.4. The second kappa shape index (κ2) is 7.51. The van der Waals surface area contributed by atoms with E-state index in [-0.39, 0.29) is 25.0 Å². The molecule has 162 valence electrons. The van der Waals surface area contributed by atoms with Gasteiger partial charge in [0.1, 0.15) is 0 Å². The van der Waals surface area contributed by atoms with Crippen LogP contribution in [0.2, 0.25) is 0 Å². The number of nitrogens with zero attached hydrogens (tertiary/aromatic N) is 3. The Bertz CT molecular complexity index is 1060. The number of carbonyl (C=O) groups is 1. The number of aliphatic hydroxyl groups is 1. The zero-order valence-corrected chi connectivity index (χ0v) is 18.5. The molecule has 0 radical (unpaired) electrons. The van der Waals surface area contributed by atoms with E-state index in [1.165, 1.54) is 10.6 Å². The van der Waals surface area contributed by atoms with Crippen molar-refractivity contribution in [3.05, 3.63) is 47.7 Å². The van der Waals surface area contributed by atoms with Crippen LogP contribution in [0, 0.1) is 18.3 Å². The molecule has 1 amide bonds. The van der Waals surface area contributed by atoms with Crippen molar-refractivity contribution in [2.24, 2.45) is 18.4 Å². The maximum Gasteiger partial charge on any atom is 0.255 e. The quantitative estimate of drug-likeness (QED) is 0.799. The van der Waals surface area contributed by atoms with Crippen LogP contribution in [0.3, 0.4) is 0 Å². The van der Waals surface area contributed by atoms with E-state index in [1.54, 1.807) is 4.90 Å². The van der Waals surface area contributed by atoms with Crippen LogP contribution in [-0.4, -0.2) is 72.2 Å². The highest BCUT2D eigenvalue weighted by Gasteiger charge is 2.52. The molecular formula is C22H29N3O4S. The van der Waals surface area contributed by atoms with Crippen LogP contribution in [0.15, 0.2) is 36.4 Å². The van der Waals surface area contributed by atoms with Crippen LogP contribution >= 0.6 is 0 Å². The number of rotatable bonds is 4. The molecule has 2 aliphatic rings. The van der Waals surface area contributed by atoms with Crippen molar-refractivity contribution >= 4 is 15.9 Å². The van der Waals surface area contributed by atoms with Crippen molar-refractivity contribution in [2.75, 3.05) is 39.0 Å². The Morgan fingerprint density at radius 2 is 1.93 bits per heavy atom. The van der Waals surface area contributed by atoms with E-state index in [2.05, 4.69) is 0 Å². The topological polar surface area (TPSA) is 82.8 Å².